The van der Waals surface area contributed by atoms with Crippen LogP contribution in [0.5, 0.6) is 11.5 Å². The van der Waals surface area contributed by atoms with Gasteiger partial charge in [0.05, 0.1) is 13.2 Å². The van der Waals surface area contributed by atoms with Crippen LogP contribution in [0.2, 0.25) is 0 Å². The molecule has 1 fully saturated rings. The van der Waals surface area contributed by atoms with Gasteiger partial charge in [-0.2, -0.15) is 0 Å². The van der Waals surface area contributed by atoms with Crippen LogP contribution >= 0.6 is 0 Å². The fourth-order valence-corrected chi connectivity index (χ4v) is 3.42. The molecule has 0 bridgehead atoms. The van der Waals surface area contributed by atoms with Gasteiger partial charge in [-0.15, -0.1) is 0 Å². The van der Waals surface area contributed by atoms with Crippen LogP contribution in [-0.2, 0) is 29.0 Å². The first-order chi connectivity index (χ1) is 13.8. The van der Waals surface area contributed by atoms with Gasteiger partial charge in [0.25, 0.3) is 0 Å². The van der Waals surface area contributed by atoms with Crippen molar-refractivity contribution in [1.82, 2.24) is 10.2 Å². The second-order valence-corrected chi connectivity index (χ2v) is 7.17. The summed E-state index contributed by atoms with van der Waals surface area (Å²) in [6.07, 6.45) is 1.13. The molecule has 6 nitrogen and oxygen atoms in total. The number of rotatable bonds is 7. The zero-order valence-electron chi connectivity index (χ0n) is 16.0. The average molecular weight is 382 g/mol. The summed E-state index contributed by atoms with van der Waals surface area (Å²) in [5.41, 5.74) is 3.48. The summed E-state index contributed by atoms with van der Waals surface area (Å²) in [4.78, 5) is 14.6. The van der Waals surface area contributed by atoms with E-state index in [1.165, 1.54) is 5.56 Å². The summed E-state index contributed by atoms with van der Waals surface area (Å²) in [5.74, 6) is 1.58. The number of aryl methyl sites for hydroxylation is 1. The quantitative estimate of drug-likeness (QED) is 0.797. The molecule has 2 aromatic carbocycles. The lowest BCUT2D eigenvalue weighted by molar-refractivity contribution is -0.121. The molecule has 0 aliphatic carbocycles. The zero-order chi connectivity index (χ0) is 19.2. The predicted octanol–water partition coefficient (Wildman–Crippen LogP) is 2.50. The van der Waals surface area contributed by atoms with Crippen LogP contribution in [-0.4, -0.2) is 43.9 Å². The van der Waals surface area contributed by atoms with Crippen LogP contribution in [0.4, 0.5) is 0 Å². The topological polar surface area (TPSA) is 60.0 Å². The van der Waals surface area contributed by atoms with Gasteiger partial charge in [0, 0.05) is 32.6 Å². The molecule has 0 saturated carbocycles. The highest BCUT2D eigenvalue weighted by atomic mass is 16.7. The van der Waals surface area contributed by atoms with E-state index in [1.807, 2.05) is 18.2 Å². The molecule has 1 saturated heterocycles. The van der Waals surface area contributed by atoms with Gasteiger partial charge in [-0.25, -0.2) is 0 Å². The first-order valence-corrected chi connectivity index (χ1v) is 9.79. The maximum Gasteiger partial charge on any atom is 0.231 e. The van der Waals surface area contributed by atoms with Crippen LogP contribution in [0.3, 0.4) is 0 Å². The SMILES string of the molecule is O=C(CCc1ccc2c(c1)OCO2)NCc1ccc(CN2CCOCC2)cc1. The van der Waals surface area contributed by atoms with Crippen LogP contribution in [0.25, 0.3) is 0 Å². The van der Waals surface area contributed by atoms with Gasteiger partial charge in [0.15, 0.2) is 11.5 Å². The van der Waals surface area contributed by atoms with Crippen molar-refractivity contribution in [3.63, 3.8) is 0 Å². The van der Waals surface area contributed by atoms with Gasteiger partial charge in [-0.3, -0.25) is 9.69 Å². The Morgan fingerprint density at radius 3 is 2.46 bits per heavy atom. The summed E-state index contributed by atoms with van der Waals surface area (Å²) >= 11 is 0. The van der Waals surface area contributed by atoms with Crippen molar-refractivity contribution in [1.29, 1.82) is 0 Å². The minimum Gasteiger partial charge on any atom is -0.454 e. The average Bonchev–Trinajstić information content (AvgIpc) is 3.20. The molecule has 4 rings (SSSR count). The highest BCUT2D eigenvalue weighted by molar-refractivity contribution is 5.76. The molecule has 1 N–H and O–H groups in total. The number of carbonyl (C=O) groups is 1. The molecule has 0 atom stereocenters. The number of fused-ring (bicyclic) bond motifs is 1. The monoisotopic (exact) mass is 382 g/mol. The van der Waals surface area contributed by atoms with Crippen molar-refractivity contribution in [2.24, 2.45) is 0 Å². The smallest absolute Gasteiger partial charge is 0.231 e. The minimum absolute atomic E-state index is 0.0510. The second kappa shape index (κ2) is 9.08. The van der Waals surface area contributed by atoms with Crippen molar-refractivity contribution in [2.45, 2.75) is 25.9 Å². The minimum atomic E-state index is 0.0510. The van der Waals surface area contributed by atoms with Crippen molar-refractivity contribution in [3.8, 4) is 11.5 Å². The Hall–Kier alpha value is -2.57. The molecule has 2 aliphatic heterocycles. The largest absolute Gasteiger partial charge is 0.454 e. The zero-order valence-corrected chi connectivity index (χ0v) is 16.0. The Labute approximate surface area is 165 Å². The van der Waals surface area contributed by atoms with E-state index in [0.717, 1.165) is 55.5 Å². The fraction of sp³-hybridized carbons (Fsp3) is 0.409. The van der Waals surface area contributed by atoms with Crippen LogP contribution in [0.15, 0.2) is 42.5 Å². The lowest BCUT2D eigenvalue weighted by Gasteiger charge is -2.26. The highest BCUT2D eigenvalue weighted by Crippen LogP contribution is 2.32. The van der Waals surface area contributed by atoms with Gasteiger partial charge in [-0.1, -0.05) is 30.3 Å². The first kappa shape index (κ1) is 18.8. The molecule has 0 unspecified atom stereocenters. The van der Waals surface area contributed by atoms with E-state index in [-0.39, 0.29) is 12.7 Å². The van der Waals surface area contributed by atoms with Gasteiger partial charge < -0.3 is 19.5 Å². The predicted molar refractivity (Wildman–Crippen MR) is 105 cm³/mol. The third-order valence-electron chi connectivity index (χ3n) is 5.10. The normalized spacial score (nSPS) is 16.1. The van der Waals surface area contributed by atoms with E-state index in [0.29, 0.717) is 19.4 Å². The summed E-state index contributed by atoms with van der Waals surface area (Å²) in [5, 5.41) is 3.00. The van der Waals surface area contributed by atoms with Gasteiger partial charge in [0.2, 0.25) is 12.7 Å². The van der Waals surface area contributed by atoms with Crippen LogP contribution in [0.1, 0.15) is 23.1 Å². The number of nitrogens with one attached hydrogen (secondary N) is 1. The van der Waals surface area contributed by atoms with Gasteiger partial charge >= 0.3 is 0 Å². The molecule has 28 heavy (non-hydrogen) atoms. The molecule has 0 spiro atoms. The molecule has 2 aliphatic rings. The third kappa shape index (κ3) is 5.03. The Morgan fingerprint density at radius 2 is 1.64 bits per heavy atom. The summed E-state index contributed by atoms with van der Waals surface area (Å²) in [6.45, 7) is 5.38. The Balaban J connectivity index is 1.20. The molecule has 0 radical (unpaired) electrons. The lowest BCUT2D eigenvalue weighted by Crippen LogP contribution is -2.35. The third-order valence-corrected chi connectivity index (χ3v) is 5.10. The standard InChI is InChI=1S/C22H26N2O4/c25-22(8-6-17-5-7-20-21(13-17)28-16-27-20)23-14-18-1-3-19(4-2-18)15-24-9-11-26-12-10-24/h1-5,7,13H,6,8-12,14-16H2,(H,23,25). The second-order valence-electron chi connectivity index (χ2n) is 7.17. The maximum atomic E-state index is 12.2. The number of nitrogens with zero attached hydrogens (tertiary/aromatic N) is 1. The van der Waals surface area contributed by atoms with E-state index >= 15 is 0 Å². The summed E-state index contributed by atoms with van der Waals surface area (Å²) < 4.78 is 16.1. The van der Waals surface area contributed by atoms with Crippen molar-refractivity contribution in [3.05, 3.63) is 59.2 Å². The molecule has 148 valence electrons. The number of amides is 1. The molecular weight excluding hydrogens is 356 g/mol. The van der Waals surface area contributed by atoms with E-state index < -0.39 is 0 Å². The van der Waals surface area contributed by atoms with Gasteiger partial charge in [0.1, 0.15) is 0 Å². The van der Waals surface area contributed by atoms with Crippen LogP contribution < -0.4 is 14.8 Å². The van der Waals surface area contributed by atoms with Crippen molar-refractivity contribution < 1.29 is 19.0 Å². The lowest BCUT2D eigenvalue weighted by atomic mass is 10.1. The number of hydrogen-bond acceptors (Lipinski definition) is 5. The first-order valence-electron chi connectivity index (χ1n) is 9.79. The fourth-order valence-electron chi connectivity index (χ4n) is 3.42. The molecule has 2 aromatic rings. The summed E-state index contributed by atoms with van der Waals surface area (Å²) in [7, 11) is 0. The molecule has 1 amide bonds. The highest BCUT2D eigenvalue weighted by Gasteiger charge is 2.14. The molecule has 0 aromatic heterocycles. The number of morpholine rings is 1. The number of hydrogen-bond donors (Lipinski definition) is 1. The summed E-state index contributed by atoms with van der Waals surface area (Å²) in [6, 6.07) is 14.3. The number of carbonyl (C=O) groups excluding carboxylic acids is 1. The molecule has 6 heteroatoms. The van der Waals surface area contributed by atoms with Crippen LogP contribution in [0, 0.1) is 0 Å². The Morgan fingerprint density at radius 1 is 0.929 bits per heavy atom. The van der Waals surface area contributed by atoms with E-state index in [1.54, 1.807) is 0 Å². The number of benzene rings is 2. The van der Waals surface area contributed by atoms with Gasteiger partial charge in [-0.05, 0) is 35.2 Å². The van der Waals surface area contributed by atoms with E-state index in [2.05, 4.69) is 34.5 Å². The van der Waals surface area contributed by atoms with Crippen molar-refractivity contribution in [2.75, 3.05) is 33.1 Å². The van der Waals surface area contributed by atoms with E-state index in [9.17, 15) is 4.79 Å². The number of ether oxygens (including phenoxy) is 3. The Bertz CT molecular complexity index is 801. The Kier molecular flexibility index (Phi) is 6.09. The van der Waals surface area contributed by atoms with E-state index in [4.69, 9.17) is 14.2 Å². The molecular formula is C22H26N2O4. The molecule has 2 heterocycles. The van der Waals surface area contributed by atoms with Crippen molar-refractivity contribution >= 4 is 5.91 Å². The maximum absolute atomic E-state index is 12.2.